The summed E-state index contributed by atoms with van der Waals surface area (Å²) < 4.78 is 7.50. The third kappa shape index (κ3) is 4.55. The van der Waals surface area contributed by atoms with Gasteiger partial charge in [0.1, 0.15) is 6.54 Å². The summed E-state index contributed by atoms with van der Waals surface area (Å²) in [4.78, 5) is 19.3. The predicted molar refractivity (Wildman–Crippen MR) is 131 cm³/mol. The number of morpholine rings is 1. The lowest BCUT2D eigenvalue weighted by atomic mass is 9.96. The van der Waals surface area contributed by atoms with E-state index in [-0.39, 0.29) is 12.1 Å². The number of ether oxygens (including phenoxy) is 1. The van der Waals surface area contributed by atoms with Crippen molar-refractivity contribution in [1.82, 2.24) is 14.5 Å². The molecule has 0 amide bonds. The van der Waals surface area contributed by atoms with E-state index in [0.29, 0.717) is 4.90 Å². The minimum atomic E-state index is -0.104. The molecule has 2 aliphatic rings. The van der Waals surface area contributed by atoms with Gasteiger partial charge in [-0.15, -0.1) is 0 Å². The fraction of sp³-hybridized carbons (Fsp3) is 0.308. The zero-order valence-electron chi connectivity index (χ0n) is 18.4. The van der Waals surface area contributed by atoms with Gasteiger partial charge in [0, 0.05) is 41.8 Å². The van der Waals surface area contributed by atoms with Crippen molar-refractivity contribution < 1.29 is 4.74 Å². The lowest BCUT2D eigenvalue weighted by molar-refractivity contribution is 0.0331. The van der Waals surface area contributed by atoms with Crippen LogP contribution in [0.4, 0.5) is 0 Å². The van der Waals surface area contributed by atoms with Crippen molar-refractivity contribution in [2.75, 3.05) is 26.3 Å². The molecular weight excluding hydrogens is 432 g/mol. The van der Waals surface area contributed by atoms with Crippen LogP contribution < -0.4 is 5.56 Å². The van der Waals surface area contributed by atoms with Crippen molar-refractivity contribution in [2.45, 2.75) is 35.9 Å². The van der Waals surface area contributed by atoms with Crippen molar-refractivity contribution in [2.24, 2.45) is 0 Å². The number of allylic oxidation sites excluding steroid dienone is 4. The van der Waals surface area contributed by atoms with Crippen LogP contribution in [0.3, 0.4) is 0 Å². The summed E-state index contributed by atoms with van der Waals surface area (Å²) in [5.41, 5.74) is 3.86. The second-order valence-electron chi connectivity index (χ2n) is 8.24. The standard InChI is InChI=1S/C26H26N4O2S/c27-12-13-30-20(18-29-14-16-32-17-15-29)10-11-23(30)33-25-24(19-6-2-1-3-7-19)21-8-4-5-9-22(21)28-26(25)31/h2,4-11H,1,3,13-18H2,(H,28,31). The van der Waals surface area contributed by atoms with Gasteiger partial charge < -0.3 is 14.3 Å². The second-order valence-corrected chi connectivity index (χ2v) is 9.27. The molecule has 7 heteroatoms. The zero-order valence-corrected chi connectivity index (χ0v) is 19.2. The Bertz CT molecular complexity index is 1320. The van der Waals surface area contributed by atoms with Crippen LogP contribution in [-0.2, 0) is 17.8 Å². The average Bonchev–Trinajstić information content (AvgIpc) is 3.22. The minimum Gasteiger partial charge on any atom is -0.379 e. The van der Waals surface area contributed by atoms with E-state index < -0.39 is 0 Å². The molecule has 0 unspecified atom stereocenters. The number of rotatable bonds is 6. The van der Waals surface area contributed by atoms with Crippen LogP contribution in [0.2, 0.25) is 0 Å². The Morgan fingerprint density at radius 1 is 1.12 bits per heavy atom. The molecule has 168 valence electrons. The van der Waals surface area contributed by atoms with E-state index in [2.05, 4.69) is 46.3 Å². The molecule has 0 radical (unpaired) electrons. The molecule has 1 fully saturated rings. The largest absolute Gasteiger partial charge is 0.379 e. The van der Waals surface area contributed by atoms with Gasteiger partial charge in [0.05, 0.1) is 29.2 Å². The van der Waals surface area contributed by atoms with Crippen molar-refractivity contribution in [3.05, 3.63) is 76.2 Å². The molecule has 1 saturated heterocycles. The molecule has 0 atom stereocenters. The van der Waals surface area contributed by atoms with Gasteiger partial charge in [-0.3, -0.25) is 9.69 Å². The second kappa shape index (κ2) is 9.84. The Balaban J connectivity index is 1.57. The van der Waals surface area contributed by atoms with E-state index in [1.54, 1.807) is 0 Å². The van der Waals surface area contributed by atoms with Crippen molar-refractivity contribution >= 4 is 28.2 Å². The summed E-state index contributed by atoms with van der Waals surface area (Å²) in [5, 5.41) is 11.5. The molecule has 1 aliphatic carbocycles. The molecule has 1 aliphatic heterocycles. The quantitative estimate of drug-likeness (QED) is 0.586. The van der Waals surface area contributed by atoms with E-state index in [1.807, 2.05) is 28.8 Å². The number of hydrogen-bond acceptors (Lipinski definition) is 5. The monoisotopic (exact) mass is 458 g/mol. The molecule has 2 aromatic heterocycles. The van der Waals surface area contributed by atoms with E-state index in [0.717, 1.165) is 78.4 Å². The maximum Gasteiger partial charge on any atom is 0.263 e. The number of hydrogen-bond donors (Lipinski definition) is 1. The van der Waals surface area contributed by atoms with Crippen LogP contribution in [0.25, 0.3) is 16.5 Å². The first-order valence-electron chi connectivity index (χ1n) is 11.3. The number of aromatic amines is 1. The number of H-pyrrole nitrogens is 1. The Morgan fingerprint density at radius 3 is 2.76 bits per heavy atom. The minimum absolute atomic E-state index is 0.104. The Kier molecular flexibility index (Phi) is 6.49. The van der Waals surface area contributed by atoms with Crippen LogP contribution in [0.15, 0.2) is 69.3 Å². The molecule has 5 rings (SSSR count). The molecule has 3 heterocycles. The number of nitrogens with zero attached hydrogens (tertiary/aromatic N) is 3. The van der Waals surface area contributed by atoms with Gasteiger partial charge in [-0.2, -0.15) is 5.26 Å². The highest BCUT2D eigenvalue weighted by molar-refractivity contribution is 7.99. The lowest BCUT2D eigenvalue weighted by Gasteiger charge is -2.27. The maximum atomic E-state index is 13.3. The molecule has 0 bridgehead atoms. The average molecular weight is 459 g/mol. The number of aromatic nitrogens is 2. The first-order chi connectivity index (χ1) is 16.2. The van der Waals surface area contributed by atoms with Gasteiger partial charge >= 0.3 is 0 Å². The Morgan fingerprint density at radius 2 is 1.97 bits per heavy atom. The number of nitrogens with one attached hydrogen (secondary N) is 1. The fourth-order valence-corrected chi connectivity index (χ4v) is 5.58. The molecule has 0 saturated carbocycles. The van der Waals surface area contributed by atoms with Crippen LogP contribution >= 0.6 is 11.8 Å². The van der Waals surface area contributed by atoms with Gasteiger partial charge in [-0.1, -0.05) is 48.2 Å². The smallest absolute Gasteiger partial charge is 0.263 e. The van der Waals surface area contributed by atoms with Gasteiger partial charge in [0.15, 0.2) is 0 Å². The summed E-state index contributed by atoms with van der Waals surface area (Å²) in [7, 11) is 0. The highest BCUT2D eigenvalue weighted by atomic mass is 32.2. The van der Waals surface area contributed by atoms with Crippen LogP contribution in [-0.4, -0.2) is 40.8 Å². The number of nitriles is 1. The fourth-order valence-electron chi connectivity index (χ4n) is 4.47. The van der Waals surface area contributed by atoms with Gasteiger partial charge in [0.25, 0.3) is 5.56 Å². The summed E-state index contributed by atoms with van der Waals surface area (Å²) in [6.45, 7) is 4.25. The van der Waals surface area contributed by atoms with Crippen molar-refractivity contribution in [3.63, 3.8) is 0 Å². The topological polar surface area (TPSA) is 74.0 Å². The van der Waals surface area contributed by atoms with E-state index in [4.69, 9.17) is 4.74 Å². The third-order valence-electron chi connectivity index (χ3n) is 6.12. The summed E-state index contributed by atoms with van der Waals surface area (Å²) in [6, 6.07) is 14.3. The molecule has 3 aromatic rings. The van der Waals surface area contributed by atoms with Crippen LogP contribution in [0.1, 0.15) is 24.1 Å². The highest BCUT2D eigenvalue weighted by Crippen LogP contribution is 2.37. The predicted octanol–water partition coefficient (Wildman–Crippen LogP) is 4.57. The first kappa shape index (κ1) is 21.8. The van der Waals surface area contributed by atoms with Gasteiger partial charge in [-0.05, 0) is 36.6 Å². The summed E-state index contributed by atoms with van der Waals surface area (Å²) in [5.74, 6) is 0. The SMILES string of the molecule is N#CCn1c(CN2CCOCC2)ccc1Sc1c(C2=CCCC=C2)c2ccccc2[nH]c1=O. The molecular formula is C26H26N4O2S. The number of fused-ring (bicyclic) bond motifs is 1. The Hall–Kier alpha value is -3.05. The lowest BCUT2D eigenvalue weighted by Crippen LogP contribution is -2.36. The summed E-state index contributed by atoms with van der Waals surface area (Å²) >= 11 is 1.45. The Labute approximate surface area is 197 Å². The van der Waals surface area contributed by atoms with E-state index >= 15 is 0 Å². The molecule has 6 nitrogen and oxygen atoms in total. The highest BCUT2D eigenvalue weighted by Gasteiger charge is 2.20. The number of para-hydroxylation sites is 1. The van der Waals surface area contributed by atoms with Crippen LogP contribution in [0.5, 0.6) is 0 Å². The number of benzene rings is 1. The maximum absolute atomic E-state index is 13.3. The summed E-state index contributed by atoms with van der Waals surface area (Å²) in [6.07, 6.45) is 8.48. The first-order valence-corrected chi connectivity index (χ1v) is 12.1. The van der Waals surface area contributed by atoms with Crippen LogP contribution in [0, 0.1) is 11.3 Å². The van der Waals surface area contributed by atoms with Gasteiger partial charge in [-0.25, -0.2) is 0 Å². The number of pyridine rings is 1. The normalized spacial score (nSPS) is 16.6. The van der Waals surface area contributed by atoms with E-state index in [9.17, 15) is 10.1 Å². The molecule has 1 aromatic carbocycles. The van der Waals surface area contributed by atoms with Crippen molar-refractivity contribution in [1.29, 1.82) is 5.26 Å². The third-order valence-corrected chi connectivity index (χ3v) is 7.28. The van der Waals surface area contributed by atoms with E-state index in [1.165, 1.54) is 11.8 Å². The van der Waals surface area contributed by atoms with Crippen molar-refractivity contribution in [3.8, 4) is 6.07 Å². The van der Waals surface area contributed by atoms with Gasteiger partial charge in [0.2, 0.25) is 0 Å². The molecule has 0 spiro atoms. The zero-order chi connectivity index (χ0) is 22.6. The molecule has 1 N–H and O–H groups in total. The molecule has 33 heavy (non-hydrogen) atoms.